The first-order chi connectivity index (χ1) is 29.3. The van der Waals surface area contributed by atoms with Crippen molar-refractivity contribution in [1.82, 2.24) is 0 Å². The number of benzene rings is 10. The maximum atomic E-state index is 6.79. The van der Waals surface area contributed by atoms with Gasteiger partial charge in [-0.05, 0) is 97.9 Å². The lowest BCUT2D eigenvalue weighted by atomic mass is 9.94. The molecular weight excluding hydrogens is 735 g/mol. The summed E-state index contributed by atoms with van der Waals surface area (Å²) < 4.78 is 9.41. The summed E-state index contributed by atoms with van der Waals surface area (Å²) in [6.45, 7) is 0. The number of rotatable bonds is 6. The second-order valence-corrected chi connectivity index (χ2v) is 16.3. The van der Waals surface area contributed by atoms with Crippen molar-refractivity contribution >= 4 is 92.1 Å². The van der Waals surface area contributed by atoms with Gasteiger partial charge in [0, 0.05) is 42.5 Å². The number of para-hydroxylation sites is 1. The summed E-state index contributed by atoms with van der Waals surface area (Å²) in [5, 5.41) is 9.69. The van der Waals surface area contributed by atoms with Crippen LogP contribution in [0.1, 0.15) is 0 Å². The average molecular weight is 770 g/mol. The monoisotopic (exact) mass is 769 g/mol. The maximum absolute atomic E-state index is 6.79. The minimum absolute atomic E-state index is 0.873. The summed E-state index contributed by atoms with van der Waals surface area (Å²) in [5.41, 5.74) is 12.1. The zero-order chi connectivity index (χ0) is 38.9. The van der Waals surface area contributed by atoms with Crippen LogP contribution in [0.15, 0.2) is 217 Å². The third-order valence-corrected chi connectivity index (χ3v) is 13.1. The van der Waals surface area contributed by atoms with Crippen LogP contribution in [0.4, 0.5) is 17.1 Å². The normalized spacial score (nSPS) is 11.7. The quantitative estimate of drug-likeness (QED) is 0.157. The van der Waals surface area contributed by atoms with Crippen LogP contribution in [0.2, 0.25) is 0 Å². The molecule has 0 atom stereocenters. The minimum atomic E-state index is 0.873. The van der Waals surface area contributed by atoms with E-state index in [-0.39, 0.29) is 0 Å². The van der Waals surface area contributed by atoms with Gasteiger partial charge >= 0.3 is 0 Å². The summed E-state index contributed by atoms with van der Waals surface area (Å²) in [7, 11) is 0. The molecule has 0 spiro atoms. The van der Waals surface area contributed by atoms with E-state index in [1.165, 1.54) is 64.0 Å². The molecule has 0 N–H and O–H groups in total. The van der Waals surface area contributed by atoms with Gasteiger partial charge in [0.15, 0.2) is 0 Å². The molecule has 0 aliphatic carbocycles. The van der Waals surface area contributed by atoms with Crippen molar-refractivity contribution < 1.29 is 4.42 Å². The van der Waals surface area contributed by atoms with Crippen LogP contribution >= 0.6 is 11.3 Å². The molecule has 0 aliphatic rings. The molecule has 12 aromatic rings. The fourth-order valence-electron chi connectivity index (χ4n) is 9.10. The summed E-state index contributed by atoms with van der Waals surface area (Å²) in [4.78, 5) is 2.41. The highest BCUT2D eigenvalue weighted by Gasteiger charge is 2.23. The number of thiophene rings is 1. The van der Waals surface area contributed by atoms with Crippen LogP contribution in [-0.4, -0.2) is 0 Å². The number of hydrogen-bond acceptors (Lipinski definition) is 3. The Bertz CT molecular complexity index is 3550. The Kier molecular flexibility index (Phi) is 7.75. The van der Waals surface area contributed by atoms with Gasteiger partial charge in [0.2, 0.25) is 0 Å². The zero-order valence-corrected chi connectivity index (χ0v) is 32.8. The largest absolute Gasteiger partial charge is 0.455 e. The highest BCUT2D eigenvalue weighted by Crippen LogP contribution is 2.48. The molecule has 12 rings (SSSR count). The molecule has 3 heteroatoms. The molecule has 2 aromatic heterocycles. The van der Waals surface area contributed by atoms with Crippen molar-refractivity contribution in [3.05, 3.63) is 212 Å². The first-order valence-corrected chi connectivity index (χ1v) is 20.9. The topological polar surface area (TPSA) is 16.4 Å². The Balaban J connectivity index is 1.09. The predicted octanol–water partition coefficient (Wildman–Crippen LogP) is 16.7. The molecule has 59 heavy (non-hydrogen) atoms. The van der Waals surface area contributed by atoms with Crippen molar-refractivity contribution in [3.8, 4) is 33.4 Å². The highest BCUT2D eigenvalue weighted by atomic mass is 32.1. The van der Waals surface area contributed by atoms with Crippen LogP contribution in [-0.2, 0) is 0 Å². The molecule has 0 amide bonds. The fraction of sp³-hybridized carbons (Fsp3) is 0. The molecular formula is C56H35NOS. The third kappa shape index (κ3) is 5.47. The smallest absolute Gasteiger partial charge is 0.145 e. The lowest BCUT2D eigenvalue weighted by molar-refractivity contribution is 0.670. The average Bonchev–Trinajstić information content (AvgIpc) is 3.90. The number of furan rings is 1. The van der Waals surface area contributed by atoms with E-state index in [9.17, 15) is 0 Å². The summed E-state index contributed by atoms with van der Waals surface area (Å²) in [6, 6.07) is 76.8. The van der Waals surface area contributed by atoms with Gasteiger partial charge < -0.3 is 9.32 Å². The van der Waals surface area contributed by atoms with Gasteiger partial charge in [-0.15, -0.1) is 11.3 Å². The number of nitrogens with zero attached hydrogens (tertiary/aromatic N) is 1. The summed E-state index contributed by atoms with van der Waals surface area (Å²) in [5.74, 6) is 0. The SMILES string of the molecule is c1ccc(-c2ccc(N(c3ccc(-c4ccc(-c5ccccc5)c5sc6ccccc6c45)cc3)c3ccc4ccc5ccccc5c4c3)c3c2oc2ccccc23)cc1. The summed E-state index contributed by atoms with van der Waals surface area (Å²) >= 11 is 1.88. The molecule has 0 saturated heterocycles. The van der Waals surface area contributed by atoms with Crippen LogP contribution < -0.4 is 4.90 Å². The van der Waals surface area contributed by atoms with E-state index in [0.717, 1.165) is 50.1 Å². The minimum Gasteiger partial charge on any atom is -0.455 e. The maximum Gasteiger partial charge on any atom is 0.145 e. The second-order valence-electron chi connectivity index (χ2n) is 15.2. The standard InChI is InChI=1S/C56H35NOS/c1-3-13-36(14-4-1)45-33-34-50(54-47-19-9-11-21-51(47)58-55(45)54)57(42-30-27-40-24-23-38-17-7-8-18-43(38)49(40)35-42)41-28-25-39(26-29-41)44-31-32-46(37-15-5-2-6-16-37)56-53(44)48-20-10-12-22-52(48)59-56/h1-35H. The highest BCUT2D eigenvalue weighted by molar-refractivity contribution is 7.26. The molecule has 0 aliphatic heterocycles. The second kappa shape index (κ2) is 13.6. The molecule has 0 unspecified atom stereocenters. The van der Waals surface area contributed by atoms with Crippen molar-refractivity contribution in [2.45, 2.75) is 0 Å². The Labute approximate surface area is 345 Å². The zero-order valence-electron chi connectivity index (χ0n) is 32.0. The van der Waals surface area contributed by atoms with Crippen molar-refractivity contribution in [2.75, 3.05) is 4.90 Å². The van der Waals surface area contributed by atoms with E-state index in [1.807, 2.05) is 11.3 Å². The van der Waals surface area contributed by atoms with E-state index < -0.39 is 0 Å². The van der Waals surface area contributed by atoms with Crippen LogP contribution in [0.3, 0.4) is 0 Å². The summed E-state index contributed by atoms with van der Waals surface area (Å²) in [6.07, 6.45) is 0. The van der Waals surface area contributed by atoms with E-state index in [2.05, 4.69) is 217 Å². The van der Waals surface area contributed by atoms with Gasteiger partial charge in [-0.2, -0.15) is 0 Å². The molecule has 2 heterocycles. The van der Waals surface area contributed by atoms with Crippen molar-refractivity contribution in [1.29, 1.82) is 0 Å². The van der Waals surface area contributed by atoms with Crippen molar-refractivity contribution in [3.63, 3.8) is 0 Å². The van der Waals surface area contributed by atoms with Gasteiger partial charge in [0.1, 0.15) is 11.2 Å². The first-order valence-electron chi connectivity index (χ1n) is 20.1. The van der Waals surface area contributed by atoms with Crippen LogP contribution in [0.5, 0.6) is 0 Å². The fourth-order valence-corrected chi connectivity index (χ4v) is 10.4. The van der Waals surface area contributed by atoms with Gasteiger partial charge in [-0.25, -0.2) is 0 Å². The van der Waals surface area contributed by atoms with E-state index in [1.54, 1.807) is 0 Å². The number of fused-ring (bicyclic) bond motifs is 9. The molecule has 276 valence electrons. The van der Waals surface area contributed by atoms with Gasteiger partial charge in [0.05, 0.1) is 11.1 Å². The van der Waals surface area contributed by atoms with E-state index in [4.69, 9.17) is 4.42 Å². The van der Waals surface area contributed by atoms with Crippen molar-refractivity contribution in [2.24, 2.45) is 0 Å². The molecule has 0 bridgehead atoms. The number of anilines is 3. The van der Waals surface area contributed by atoms with E-state index in [0.29, 0.717) is 0 Å². The molecule has 0 radical (unpaired) electrons. The van der Waals surface area contributed by atoms with Crippen LogP contribution in [0, 0.1) is 0 Å². The first kappa shape index (κ1) is 33.7. The lowest BCUT2D eigenvalue weighted by Gasteiger charge is -2.27. The van der Waals surface area contributed by atoms with Gasteiger partial charge in [0.25, 0.3) is 0 Å². The Hall–Kier alpha value is -7.46. The predicted molar refractivity (Wildman–Crippen MR) is 253 cm³/mol. The third-order valence-electron chi connectivity index (χ3n) is 11.9. The van der Waals surface area contributed by atoms with Gasteiger partial charge in [-0.3, -0.25) is 0 Å². The Morgan fingerprint density at radius 2 is 0.949 bits per heavy atom. The number of hydrogen-bond donors (Lipinski definition) is 0. The lowest BCUT2D eigenvalue weighted by Crippen LogP contribution is -2.10. The molecule has 10 aromatic carbocycles. The molecule has 0 saturated carbocycles. The Morgan fingerprint density at radius 1 is 0.373 bits per heavy atom. The van der Waals surface area contributed by atoms with Crippen LogP contribution in [0.25, 0.3) is 97.0 Å². The van der Waals surface area contributed by atoms with Gasteiger partial charge in [-0.1, -0.05) is 164 Å². The van der Waals surface area contributed by atoms with E-state index >= 15 is 0 Å². The Morgan fingerprint density at radius 3 is 1.75 bits per heavy atom. The molecule has 2 nitrogen and oxygen atoms in total. The molecule has 0 fully saturated rings.